The molecule has 0 N–H and O–H groups in total. The van der Waals surface area contributed by atoms with Gasteiger partial charge in [-0.3, -0.25) is 9.59 Å². The average Bonchev–Trinajstić information content (AvgIpc) is 3.10. The molecule has 3 nitrogen and oxygen atoms in total. The Bertz CT molecular complexity index is 782. The van der Waals surface area contributed by atoms with Crippen molar-refractivity contribution < 1.29 is 14.3 Å². The highest BCUT2D eigenvalue weighted by molar-refractivity contribution is 8.14. The van der Waals surface area contributed by atoms with Gasteiger partial charge in [-0.25, -0.2) is 0 Å². The number of ether oxygens (including phenoxy) is 1. The SMILES string of the molecule is CC(=O)SC1CC2(C)C(CCC3C2CCC2[C@H](C)CCCC32C)C1=C(C)C.CCCC.COC(C)=O. The summed E-state index contributed by atoms with van der Waals surface area (Å²) in [5.74, 6) is 4.15. The maximum atomic E-state index is 12.0. The number of carbonyl (C=O) groups excluding carboxylic acids is 2. The number of unbranched alkanes of at least 4 members (excludes halogenated alkanes) is 1. The van der Waals surface area contributed by atoms with E-state index in [1.807, 2.05) is 0 Å². The number of esters is 1. The van der Waals surface area contributed by atoms with Crippen molar-refractivity contribution in [3.8, 4) is 0 Å². The maximum Gasteiger partial charge on any atom is 0.302 e. The number of methoxy groups -OCH3 is 1. The summed E-state index contributed by atoms with van der Waals surface area (Å²) in [5, 5.41) is 0.742. The van der Waals surface area contributed by atoms with Crippen LogP contribution in [0.2, 0.25) is 0 Å². The maximum absolute atomic E-state index is 12.0. The van der Waals surface area contributed by atoms with Gasteiger partial charge in [-0.05, 0) is 92.8 Å². The largest absolute Gasteiger partial charge is 0.469 e. The van der Waals surface area contributed by atoms with Crippen LogP contribution in [0.15, 0.2) is 11.1 Å². The Hall–Kier alpha value is -0.770. The Labute approximate surface area is 227 Å². The molecule has 0 bridgehead atoms. The van der Waals surface area contributed by atoms with Crippen LogP contribution in [0.25, 0.3) is 0 Å². The highest BCUT2D eigenvalue weighted by Crippen LogP contribution is 2.69. The van der Waals surface area contributed by atoms with E-state index >= 15 is 0 Å². The Kier molecular flexibility index (Phi) is 11.7. The summed E-state index contributed by atoms with van der Waals surface area (Å²) >= 11 is 1.63. The quantitative estimate of drug-likeness (QED) is 0.269. The minimum Gasteiger partial charge on any atom is -0.469 e. The van der Waals surface area contributed by atoms with Crippen molar-refractivity contribution in [2.45, 2.75) is 132 Å². The van der Waals surface area contributed by atoms with E-state index in [2.05, 4.69) is 53.2 Å². The standard InChI is InChI=1S/C25H40OS.C4H10.C3H6O2/c1-15(2)23-21-12-11-19-20(25(21,6)14-22(23)27-17(4)26)10-9-18-16(3)8-7-13-24(18,19)5;1-3-4-2;1-3(4)5-2/h16,18-22H,7-14H2,1-6H3;3-4H2,1-2H3;1-2H3/t16-,18?,19?,20?,21?,22?,24?,25?;;/m1../s1. The van der Waals surface area contributed by atoms with Crippen LogP contribution < -0.4 is 0 Å². The molecule has 4 saturated carbocycles. The molecule has 0 aromatic heterocycles. The normalized spacial score (nSPS) is 38.7. The molecule has 0 radical (unpaired) electrons. The summed E-state index contributed by atoms with van der Waals surface area (Å²) in [6.07, 6.45) is 13.9. The molecular weight excluding hydrogens is 464 g/mol. The van der Waals surface area contributed by atoms with E-state index in [-0.39, 0.29) is 5.97 Å². The van der Waals surface area contributed by atoms with Crippen molar-refractivity contribution in [1.29, 1.82) is 0 Å². The number of thioether (sulfide) groups is 1. The van der Waals surface area contributed by atoms with Crippen LogP contribution >= 0.6 is 11.8 Å². The first-order valence-corrected chi connectivity index (χ1v) is 15.6. The molecule has 36 heavy (non-hydrogen) atoms. The average molecular weight is 521 g/mol. The van der Waals surface area contributed by atoms with E-state index in [0.717, 1.165) is 29.6 Å². The number of carbonyl (C=O) groups is 2. The first kappa shape index (κ1) is 31.4. The Morgan fingerprint density at radius 3 is 1.92 bits per heavy atom. The number of hydrogen-bond donors (Lipinski definition) is 0. The van der Waals surface area contributed by atoms with Gasteiger partial charge in [0.1, 0.15) is 0 Å². The van der Waals surface area contributed by atoms with E-state index in [1.54, 1.807) is 24.3 Å². The lowest BCUT2D eigenvalue weighted by molar-refractivity contribution is -0.137. The second-order valence-corrected chi connectivity index (χ2v) is 14.2. The molecule has 4 fully saturated rings. The lowest BCUT2D eigenvalue weighted by atomic mass is 9.43. The molecule has 4 aliphatic rings. The molecule has 0 aromatic carbocycles. The van der Waals surface area contributed by atoms with Crippen molar-refractivity contribution in [1.82, 2.24) is 0 Å². The van der Waals surface area contributed by atoms with Crippen LogP contribution in [0.3, 0.4) is 0 Å². The third kappa shape index (κ3) is 6.62. The summed E-state index contributed by atoms with van der Waals surface area (Å²) in [4.78, 5) is 21.6. The van der Waals surface area contributed by atoms with E-state index in [4.69, 9.17) is 0 Å². The molecule has 4 rings (SSSR count). The number of fused-ring (bicyclic) bond motifs is 5. The lowest BCUT2D eigenvalue weighted by Crippen LogP contribution is -2.54. The molecule has 7 unspecified atom stereocenters. The summed E-state index contributed by atoms with van der Waals surface area (Å²) in [5.41, 5.74) is 4.13. The van der Waals surface area contributed by atoms with Crippen LogP contribution in [0.4, 0.5) is 0 Å². The first-order chi connectivity index (χ1) is 16.9. The molecule has 4 aliphatic carbocycles. The van der Waals surface area contributed by atoms with Crippen molar-refractivity contribution in [2.75, 3.05) is 7.11 Å². The van der Waals surface area contributed by atoms with Gasteiger partial charge >= 0.3 is 5.97 Å². The van der Waals surface area contributed by atoms with Crippen molar-refractivity contribution in [3.63, 3.8) is 0 Å². The summed E-state index contributed by atoms with van der Waals surface area (Å²) in [6, 6.07) is 0. The van der Waals surface area contributed by atoms with Gasteiger partial charge in [-0.15, -0.1) is 0 Å². The van der Waals surface area contributed by atoms with Crippen LogP contribution in [-0.4, -0.2) is 23.4 Å². The fraction of sp³-hybridized carbons (Fsp3) is 0.875. The Morgan fingerprint density at radius 2 is 1.42 bits per heavy atom. The second kappa shape index (κ2) is 13.3. The summed E-state index contributed by atoms with van der Waals surface area (Å²) in [7, 11) is 1.35. The minimum absolute atomic E-state index is 0.245. The molecular formula is C32H56O3S. The molecule has 4 heteroatoms. The molecule has 0 aromatic rings. The molecule has 8 atom stereocenters. The van der Waals surface area contributed by atoms with Crippen LogP contribution in [0.1, 0.15) is 127 Å². The van der Waals surface area contributed by atoms with Gasteiger partial charge < -0.3 is 4.74 Å². The minimum atomic E-state index is -0.245. The van der Waals surface area contributed by atoms with Gasteiger partial charge in [0.05, 0.1) is 7.11 Å². The van der Waals surface area contributed by atoms with E-state index in [9.17, 15) is 9.59 Å². The van der Waals surface area contributed by atoms with Crippen LogP contribution in [-0.2, 0) is 14.3 Å². The lowest BCUT2D eigenvalue weighted by Gasteiger charge is -2.62. The Morgan fingerprint density at radius 1 is 0.889 bits per heavy atom. The van der Waals surface area contributed by atoms with Gasteiger partial charge in [0.25, 0.3) is 0 Å². The third-order valence-electron chi connectivity index (χ3n) is 10.5. The van der Waals surface area contributed by atoms with Crippen molar-refractivity contribution >= 4 is 22.8 Å². The van der Waals surface area contributed by atoms with E-state index in [1.165, 1.54) is 83.8 Å². The van der Waals surface area contributed by atoms with E-state index < -0.39 is 0 Å². The van der Waals surface area contributed by atoms with E-state index in [0.29, 0.717) is 21.2 Å². The number of allylic oxidation sites excluding steroid dienone is 1. The molecule has 0 saturated heterocycles. The molecule has 0 amide bonds. The topological polar surface area (TPSA) is 43.4 Å². The van der Waals surface area contributed by atoms with Crippen LogP contribution in [0, 0.1) is 40.4 Å². The second-order valence-electron chi connectivity index (χ2n) is 12.9. The van der Waals surface area contributed by atoms with Crippen LogP contribution in [0.5, 0.6) is 0 Å². The molecule has 0 aliphatic heterocycles. The third-order valence-corrected chi connectivity index (χ3v) is 11.5. The monoisotopic (exact) mass is 520 g/mol. The summed E-state index contributed by atoms with van der Waals surface area (Å²) in [6.45, 7) is 19.9. The molecule has 208 valence electrons. The first-order valence-electron chi connectivity index (χ1n) is 14.8. The zero-order valence-corrected chi connectivity index (χ0v) is 26.0. The van der Waals surface area contributed by atoms with Gasteiger partial charge in [0, 0.05) is 19.1 Å². The van der Waals surface area contributed by atoms with Gasteiger partial charge in [-0.2, -0.15) is 0 Å². The fourth-order valence-electron chi connectivity index (χ4n) is 8.70. The molecule has 0 heterocycles. The van der Waals surface area contributed by atoms with Gasteiger partial charge in [0.2, 0.25) is 0 Å². The highest BCUT2D eigenvalue weighted by atomic mass is 32.2. The van der Waals surface area contributed by atoms with Crippen molar-refractivity contribution in [3.05, 3.63) is 11.1 Å². The number of rotatable bonds is 2. The van der Waals surface area contributed by atoms with Crippen molar-refractivity contribution in [2.24, 2.45) is 40.4 Å². The predicted octanol–water partition coefficient (Wildman–Crippen LogP) is 9.25. The smallest absolute Gasteiger partial charge is 0.302 e. The predicted molar refractivity (Wildman–Crippen MR) is 155 cm³/mol. The molecule has 0 spiro atoms. The fourth-order valence-corrected chi connectivity index (χ4v) is 10.1. The highest BCUT2D eigenvalue weighted by Gasteiger charge is 2.62. The zero-order valence-electron chi connectivity index (χ0n) is 25.2. The van der Waals surface area contributed by atoms with Gasteiger partial charge in [0.15, 0.2) is 5.12 Å². The number of hydrogen-bond acceptors (Lipinski definition) is 4. The summed E-state index contributed by atoms with van der Waals surface area (Å²) < 4.78 is 4.11. The van der Waals surface area contributed by atoms with Gasteiger partial charge in [-0.1, -0.05) is 83.2 Å². The zero-order chi connectivity index (χ0) is 27.3. The Balaban J connectivity index is 0.000000439.